The Labute approximate surface area is 196 Å². The molecule has 0 atom stereocenters. The average Bonchev–Trinajstić information content (AvgIpc) is 2.82. The van der Waals surface area contributed by atoms with Gasteiger partial charge >= 0.3 is 6.18 Å². The number of hydrogen-bond donors (Lipinski definition) is 0. The number of piperidine rings is 1. The minimum atomic E-state index is -5.15. The number of para-hydroxylation sites is 1. The maximum absolute atomic E-state index is 13.0. The molecule has 2 fully saturated rings. The molecule has 3 heterocycles. The van der Waals surface area contributed by atoms with Gasteiger partial charge in [0, 0.05) is 6.54 Å². The van der Waals surface area contributed by atoms with E-state index in [1.54, 1.807) is 6.07 Å². The van der Waals surface area contributed by atoms with E-state index >= 15 is 0 Å². The molecule has 7 nitrogen and oxygen atoms in total. The van der Waals surface area contributed by atoms with Gasteiger partial charge in [-0.3, -0.25) is 4.79 Å². The van der Waals surface area contributed by atoms with Crippen LogP contribution in [0.2, 0.25) is 0 Å². The monoisotopic (exact) mass is 498 g/mol. The van der Waals surface area contributed by atoms with Gasteiger partial charge in [0.25, 0.3) is 15.9 Å². The number of benzene rings is 1. The average molecular weight is 499 g/mol. The van der Waals surface area contributed by atoms with Crippen molar-refractivity contribution >= 4 is 21.6 Å². The fourth-order valence-electron chi connectivity index (χ4n) is 4.48. The van der Waals surface area contributed by atoms with Crippen molar-refractivity contribution < 1.29 is 35.9 Å². The molecule has 2 bridgehead atoms. The van der Waals surface area contributed by atoms with Gasteiger partial charge in [-0.25, -0.2) is 0 Å². The van der Waals surface area contributed by atoms with Crippen molar-refractivity contribution in [1.82, 2.24) is 4.90 Å². The van der Waals surface area contributed by atoms with Crippen LogP contribution in [0, 0.1) is 0 Å². The number of carbonyl (C=O) groups is 1. The Morgan fingerprint density at radius 3 is 2.56 bits per heavy atom. The van der Waals surface area contributed by atoms with E-state index in [2.05, 4.69) is 11.0 Å². The van der Waals surface area contributed by atoms with E-state index in [9.17, 15) is 26.4 Å². The van der Waals surface area contributed by atoms with E-state index < -0.39 is 27.0 Å². The van der Waals surface area contributed by atoms with Gasteiger partial charge < -0.3 is 14.4 Å². The first-order valence-corrected chi connectivity index (χ1v) is 12.5. The van der Waals surface area contributed by atoms with E-state index in [0.29, 0.717) is 12.2 Å². The summed E-state index contributed by atoms with van der Waals surface area (Å²) < 4.78 is 78.7. The molecule has 1 amide bonds. The van der Waals surface area contributed by atoms with E-state index in [1.165, 1.54) is 11.2 Å². The highest BCUT2D eigenvalue weighted by atomic mass is 32.2. The van der Waals surface area contributed by atoms with E-state index in [4.69, 9.17) is 9.47 Å². The zero-order valence-corrected chi connectivity index (χ0v) is 19.2. The molecule has 34 heavy (non-hydrogen) atoms. The maximum atomic E-state index is 13.0. The molecular weight excluding hydrogens is 473 g/mol. The molecule has 0 radical (unpaired) electrons. The summed E-state index contributed by atoms with van der Waals surface area (Å²) in [6.45, 7) is 2.57. The van der Waals surface area contributed by atoms with Crippen LogP contribution >= 0.6 is 0 Å². The number of rotatable bonds is 2. The molecule has 0 spiro atoms. The predicted molar refractivity (Wildman–Crippen MR) is 119 cm³/mol. The van der Waals surface area contributed by atoms with Crippen LogP contribution in [0.5, 0.6) is 5.75 Å². The predicted octanol–water partition coefficient (Wildman–Crippen LogP) is 4.43. The minimum Gasteiger partial charge on any atom is -0.496 e. The molecule has 5 rings (SSSR count). The van der Waals surface area contributed by atoms with Crippen LogP contribution in [0.15, 0.2) is 52.1 Å². The Morgan fingerprint density at radius 2 is 1.85 bits per heavy atom. The SMILES string of the molecule is C=C(C(F)(F)F)S(=O)(=O)/N=C1CCCN2C(=O)COc3ccccc3C3CCC(CC3)O\C=C\12. The number of nitrogens with zero attached hydrogens (tertiary/aromatic N) is 2. The van der Waals surface area contributed by atoms with Gasteiger partial charge in [-0.15, -0.1) is 0 Å². The number of ether oxygens (including phenoxy) is 2. The Morgan fingerprint density at radius 1 is 1.15 bits per heavy atom. The van der Waals surface area contributed by atoms with Crippen molar-refractivity contribution in [3.63, 3.8) is 0 Å². The Balaban J connectivity index is 1.70. The smallest absolute Gasteiger partial charge is 0.428 e. The third kappa shape index (κ3) is 5.13. The quantitative estimate of drug-likeness (QED) is 0.602. The molecule has 1 aromatic rings. The Bertz CT molecular complexity index is 1140. The molecule has 184 valence electrons. The fraction of sp³-hybridized carbons (Fsp3) is 0.478. The van der Waals surface area contributed by atoms with Gasteiger partial charge in [-0.1, -0.05) is 24.8 Å². The second-order valence-corrected chi connectivity index (χ2v) is 10.1. The van der Waals surface area contributed by atoms with Gasteiger partial charge in [0.2, 0.25) is 0 Å². The molecule has 0 aromatic heterocycles. The van der Waals surface area contributed by atoms with Gasteiger partial charge in [-0.2, -0.15) is 26.0 Å². The van der Waals surface area contributed by atoms with Crippen LogP contribution in [0.3, 0.4) is 0 Å². The first-order valence-electron chi connectivity index (χ1n) is 11.0. The first kappa shape index (κ1) is 24.3. The second kappa shape index (κ2) is 9.44. The third-order valence-electron chi connectivity index (χ3n) is 6.30. The molecular formula is C23H25F3N2O5S. The lowest BCUT2D eigenvalue weighted by atomic mass is 9.82. The van der Waals surface area contributed by atoms with Crippen LogP contribution in [-0.2, 0) is 19.6 Å². The second-order valence-electron chi connectivity index (χ2n) is 8.52. The normalized spacial score (nSPS) is 26.6. The Kier molecular flexibility index (Phi) is 6.75. The molecule has 1 saturated heterocycles. The molecule has 0 unspecified atom stereocenters. The highest BCUT2D eigenvalue weighted by Crippen LogP contribution is 2.39. The number of allylic oxidation sites excluding steroid dienone is 2. The zero-order valence-electron chi connectivity index (χ0n) is 18.4. The van der Waals surface area contributed by atoms with Crippen LogP contribution < -0.4 is 4.74 Å². The van der Waals surface area contributed by atoms with E-state index in [-0.39, 0.29) is 43.0 Å². The Hall–Kier alpha value is -2.82. The van der Waals surface area contributed by atoms with E-state index in [1.807, 2.05) is 18.2 Å². The van der Waals surface area contributed by atoms with E-state index in [0.717, 1.165) is 31.2 Å². The van der Waals surface area contributed by atoms with Crippen molar-refractivity contribution in [3.05, 3.63) is 53.3 Å². The summed E-state index contributed by atoms with van der Waals surface area (Å²) in [6.07, 6.45) is -0.532. The van der Waals surface area contributed by atoms with Crippen molar-refractivity contribution in [3.8, 4) is 5.75 Å². The summed E-state index contributed by atoms with van der Waals surface area (Å²) in [5.41, 5.74) is 0.890. The van der Waals surface area contributed by atoms with Crippen LogP contribution in [0.1, 0.15) is 50.0 Å². The van der Waals surface area contributed by atoms with Gasteiger partial charge in [0.1, 0.15) is 17.7 Å². The fourth-order valence-corrected chi connectivity index (χ4v) is 5.35. The lowest BCUT2D eigenvalue weighted by Crippen LogP contribution is -2.41. The lowest BCUT2D eigenvalue weighted by molar-refractivity contribution is -0.131. The molecule has 0 N–H and O–H groups in total. The highest BCUT2D eigenvalue weighted by Gasteiger charge is 2.42. The number of alkyl halides is 3. The molecule has 11 heteroatoms. The zero-order chi connectivity index (χ0) is 24.5. The standard InChI is InChI=1S/C23H25F3N2O5S/c1-15(23(24,25)26)34(30,31)27-19-6-4-12-28-20(19)13-32-17-10-8-16(9-11-17)18-5-2-3-7-21(18)33-14-22(28)29/h2-3,5,7,13,16-17H,1,4,6,8-12,14H2/b20-13-,27-19+. The largest absolute Gasteiger partial charge is 0.496 e. The highest BCUT2D eigenvalue weighted by molar-refractivity contribution is 7.94. The van der Waals surface area contributed by atoms with Crippen LogP contribution in [-0.4, -0.2) is 50.4 Å². The lowest BCUT2D eigenvalue weighted by Gasteiger charge is -2.31. The van der Waals surface area contributed by atoms with Crippen LogP contribution in [0.4, 0.5) is 13.2 Å². The van der Waals surface area contributed by atoms with Gasteiger partial charge in [-0.05, 0) is 56.1 Å². The topological polar surface area (TPSA) is 85.3 Å². The van der Waals surface area contributed by atoms with Crippen molar-refractivity contribution in [2.75, 3.05) is 13.2 Å². The molecule has 4 aliphatic rings. The molecule has 3 aliphatic heterocycles. The number of amides is 1. The number of carbonyl (C=O) groups excluding carboxylic acids is 1. The number of hydrogen-bond acceptors (Lipinski definition) is 5. The van der Waals surface area contributed by atoms with Gasteiger partial charge in [0.15, 0.2) is 11.5 Å². The number of halogens is 3. The van der Waals surface area contributed by atoms with Crippen molar-refractivity contribution in [2.24, 2.45) is 4.40 Å². The summed E-state index contributed by atoms with van der Waals surface area (Å²) in [5.74, 6) is 0.397. The summed E-state index contributed by atoms with van der Waals surface area (Å²) in [7, 11) is -5.09. The van der Waals surface area contributed by atoms with Gasteiger partial charge in [0.05, 0.1) is 11.8 Å². The summed E-state index contributed by atoms with van der Waals surface area (Å²) in [6, 6.07) is 7.54. The first-order chi connectivity index (χ1) is 16.1. The number of fused-ring (bicyclic) bond motifs is 5. The summed E-state index contributed by atoms with van der Waals surface area (Å²) in [4.78, 5) is 12.4. The van der Waals surface area contributed by atoms with Crippen molar-refractivity contribution in [1.29, 1.82) is 0 Å². The summed E-state index contributed by atoms with van der Waals surface area (Å²) in [5, 5.41) is 0. The minimum absolute atomic E-state index is 0.0352. The molecule has 1 aliphatic carbocycles. The third-order valence-corrected chi connectivity index (χ3v) is 7.61. The van der Waals surface area contributed by atoms with Crippen molar-refractivity contribution in [2.45, 2.75) is 56.7 Å². The summed E-state index contributed by atoms with van der Waals surface area (Å²) >= 11 is 0. The molecule has 1 aromatic carbocycles. The molecule has 1 saturated carbocycles. The number of sulfonamides is 1. The maximum Gasteiger partial charge on any atom is 0.428 e. The van der Waals surface area contributed by atoms with Crippen LogP contribution in [0.25, 0.3) is 0 Å².